The molecule has 2 aromatic heterocycles. The summed E-state index contributed by atoms with van der Waals surface area (Å²) in [5.41, 5.74) is 1.82. The van der Waals surface area contributed by atoms with Gasteiger partial charge >= 0.3 is 0 Å². The fourth-order valence-corrected chi connectivity index (χ4v) is 3.19. The van der Waals surface area contributed by atoms with Crippen molar-refractivity contribution in [3.63, 3.8) is 0 Å². The first-order chi connectivity index (χ1) is 8.77. The molecule has 1 amide bonds. The average molecular weight is 262 g/mol. The first kappa shape index (κ1) is 11.5. The number of hydrogen-bond acceptors (Lipinski definition) is 4. The fraction of sp³-hybridized carbons (Fsp3) is 0.385. The van der Waals surface area contributed by atoms with Gasteiger partial charge in [0.05, 0.1) is 12.2 Å². The zero-order valence-corrected chi connectivity index (χ0v) is 10.9. The van der Waals surface area contributed by atoms with Crippen LogP contribution < -0.4 is 0 Å². The van der Waals surface area contributed by atoms with Gasteiger partial charge in [-0.1, -0.05) is 5.16 Å². The third kappa shape index (κ3) is 1.84. The van der Waals surface area contributed by atoms with Gasteiger partial charge in [0.25, 0.3) is 5.91 Å². The van der Waals surface area contributed by atoms with E-state index in [1.54, 1.807) is 18.3 Å². The maximum absolute atomic E-state index is 12.5. The number of aryl methyl sites for hydroxylation is 1. The standard InChI is InChI=1S/C13H14N2O2S/c1-9-11(7-14-17-9)13(16)15-5-2-3-12(15)10-4-6-18-8-10/h4,6-8,12H,2-3,5H2,1H3/t12-/m0/s1. The van der Waals surface area contributed by atoms with E-state index in [2.05, 4.69) is 22.0 Å². The van der Waals surface area contributed by atoms with Gasteiger partial charge in [-0.15, -0.1) is 0 Å². The van der Waals surface area contributed by atoms with Gasteiger partial charge in [-0.25, -0.2) is 0 Å². The highest BCUT2D eigenvalue weighted by Gasteiger charge is 2.32. The maximum atomic E-state index is 12.5. The Morgan fingerprint density at radius 3 is 3.17 bits per heavy atom. The first-order valence-corrected chi connectivity index (χ1v) is 6.96. The largest absolute Gasteiger partial charge is 0.361 e. The van der Waals surface area contributed by atoms with Gasteiger partial charge in [0, 0.05) is 6.54 Å². The molecule has 4 nitrogen and oxygen atoms in total. The van der Waals surface area contributed by atoms with E-state index < -0.39 is 0 Å². The molecule has 0 saturated carbocycles. The van der Waals surface area contributed by atoms with Crippen LogP contribution in [0.15, 0.2) is 27.5 Å². The predicted octanol–water partition coefficient (Wildman–Crippen LogP) is 3.02. The molecule has 1 aliphatic heterocycles. The second kappa shape index (κ2) is 4.57. The van der Waals surface area contributed by atoms with Crippen molar-refractivity contribution in [1.29, 1.82) is 0 Å². The third-order valence-electron chi connectivity index (χ3n) is 3.42. The van der Waals surface area contributed by atoms with Crippen LogP contribution in [0.25, 0.3) is 0 Å². The number of hydrogen-bond donors (Lipinski definition) is 0. The van der Waals surface area contributed by atoms with E-state index >= 15 is 0 Å². The summed E-state index contributed by atoms with van der Waals surface area (Å²) in [7, 11) is 0. The average Bonchev–Trinajstić information content (AvgIpc) is 3.09. The zero-order valence-electron chi connectivity index (χ0n) is 10.1. The van der Waals surface area contributed by atoms with Crippen LogP contribution in [0.3, 0.4) is 0 Å². The monoisotopic (exact) mass is 262 g/mol. The van der Waals surface area contributed by atoms with Gasteiger partial charge < -0.3 is 9.42 Å². The molecule has 5 heteroatoms. The highest BCUT2D eigenvalue weighted by molar-refractivity contribution is 7.07. The zero-order chi connectivity index (χ0) is 12.5. The molecule has 0 aromatic carbocycles. The topological polar surface area (TPSA) is 46.3 Å². The van der Waals surface area contributed by atoms with Crippen molar-refractivity contribution in [3.05, 3.63) is 39.9 Å². The van der Waals surface area contributed by atoms with Crippen LogP contribution in [0.1, 0.15) is 40.6 Å². The predicted molar refractivity (Wildman–Crippen MR) is 68.6 cm³/mol. The Kier molecular flexibility index (Phi) is 2.91. The molecule has 1 fully saturated rings. The van der Waals surface area contributed by atoms with Crippen molar-refractivity contribution in [1.82, 2.24) is 10.1 Å². The number of rotatable bonds is 2. The van der Waals surface area contributed by atoms with Crippen molar-refractivity contribution in [2.24, 2.45) is 0 Å². The van der Waals surface area contributed by atoms with Crippen molar-refractivity contribution in [2.45, 2.75) is 25.8 Å². The van der Waals surface area contributed by atoms with Crippen molar-refractivity contribution >= 4 is 17.2 Å². The summed E-state index contributed by atoms with van der Waals surface area (Å²) in [6, 6.07) is 2.31. The lowest BCUT2D eigenvalue weighted by molar-refractivity contribution is 0.0734. The Morgan fingerprint density at radius 1 is 1.61 bits per heavy atom. The molecule has 0 aliphatic carbocycles. The molecule has 3 heterocycles. The number of likely N-dealkylation sites (tertiary alicyclic amines) is 1. The van der Waals surface area contributed by atoms with Gasteiger partial charge in [0.2, 0.25) is 0 Å². The van der Waals surface area contributed by atoms with Gasteiger partial charge in [0.15, 0.2) is 0 Å². The summed E-state index contributed by atoms with van der Waals surface area (Å²) in [4.78, 5) is 14.4. The van der Waals surface area contributed by atoms with Gasteiger partial charge in [-0.3, -0.25) is 4.79 Å². The minimum atomic E-state index is 0.0300. The van der Waals surface area contributed by atoms with Crippen molar-refractivity contribution in [2.75, 3.05) is 6.54 Å². The van der Waals surface area contributed by atoms with Crippen molar-refractivity contribution in [3.8, 4) is 0 Å². The van der Waals surface area contributed by atoms with E-state index in [-0.39, 0.29) is 11.9 Å². The summed E-state index contributed by atoms with van der Waals surface area (Å²) in [5.74, 6) is 0.624. The Hall–Kier alpha value is -1.62. The van der Waals surface area contributed by atoms with E-state index in [0.29, 0.717) is 11.3 Å². The Morgan fingerprint density at radius 2 is 2.50 bits per heavy atom. The number of thiophene rings is 1. The van der Waals surface area contributed by atoms with Crippen LogP contribution in [0.2, 0.25) is 0 Å². The smallest absolute Gasteiger partial charge is 0.259 e. The molecule has 1 atom stereocenters. The maximum Gasteiger partial charge on any atom is 0.259 e. The molecular weight excluding hydrogens is 248 g/mol. The quantitative estimate of drug-likeness (QED) is 0.835. The summed E-state index contributed by atoms with van der Waals surface area (Å²) in [6.45, 7) is 2.58. The summed E-state index contributed by atoms with van der Waals surface area (Å²) in [6.07, 6.45) is 3.60. The minimum absolute atomic E-state index is 0.0300. The molecule has 1 saturated heterocycles. The molecule has 0 radical (unpaired) electrons. The number of carbonyl (C=O) groups is 1. The van der Waals surface area contributed by atoms with Crippen LogP contribution >= 0.6 is 11.3 Å². The van der Waals surface area contributed by atoms with Crippen LogP contribution in [0, 0.1) is 6.92 Å². The number of amides is 1. The molecule has 94 valence electrons. The lowest BCUT2D eigenvalue weighted by atomic mass is 10.1. The molecular formula is C13H14N2O2S. The Balaban J connectivity index is 1.88. The lowest BCUT2D eigenvalue weighted by Gasteiger charge is -2.23. The van der Waals surface area contributed by atoms with Crippen molar-refractivity contribution < 1.29 is 9.32 Å². The highest BCUT2D eigenvalue weighted by atomic mass is 32.1. The SMILES string of the molecule is Cc1oncc1C(=O)N1CCC[C@H]1c1ccsc1. The number of nitrogens with zero attached hydrogens (tertiary/aromatic N) is 2. The first-order valence-electron chi connectivity index (χ1n) is 6.01. The highest BCUT2D eigenvalue weighted by Crippen LogP contribution is 2.34. The molecule has 18 heavy (non-hydrogen) atoms. The van der Waals surface area contributed by atoms with E-state index in [4.69, 9.17) is 4.52 Å². The summed E-state index contributed by atoms with van der Waals surface area (Å²) >= 11 is 1.67. The minimum Gasteiger partial charge on any atom is -0.361 e. The molecule has 2 aromatic rings. The Bertz CT molecular complexity index is 547. The Labute approximate surface area is 109 Å². The van der Waals surface area contributed by atoms with Gasteiger partial charge in [-0.2, -0.15) is 11.3 Å². The van der Waals surface area contributed by atoms with E-state index in [1.807, 2.05) is 4.90 Å². The number of carbonyl (C=O) groups excluding carboxylic acids is 1. The molecule has 1 aliphatic rings. The van der Waals surface area contributed by atoms with Crippen LogP contribution in [0.4, 0.5) is 0 Å². The molecule has 0 unspecified atom stereocenters. The fourth-order valence-electron chi connectivity index (χ4n) is 2.48. The van der Waals surface area contributed by atoms with Crippen LogP contribution in [0.5, 0.6) is 0 Å². The molecule has 0 bridgehead atoms. The van der Waals surface area contributed by atoms with Gasteiger partial charge in [0.1, 0.15) is 11.3 Å². The summed E-state index contributed by atoms with van der Waals surface area (Å²) < 4.78 is 4.98. The van der Waals surface area contributed by atoms with Gasteiger partial charge in [-0.05, 0) is 42.2 Å². The molecule has 0 N–H and O–H groups in total. The van der Waals surface area contributed by atoms with E-state index in [9.17, 15) is 4.79 Å². The normalized spacial score (nSPS) is 19.4. The van der Waals surface area contributed by atoms with Crippen LogP contribution in [-0.2, 0) is 0 Å². The second-order valence-electron chi connectivity index (χ2n) is 4.51. The molecule has 0 spiro atoms. The number of aromatic nitrogens is 1. The summed E-state index contributed by atoms with van der Waals surface area (Å²) in [5, 5.41) is 7.86. The molecule has 3 rings (SSSR count). The third-order valence-corrected chi connectivity index (χ3v) is 4.12. The van der Waals surface area contributed by atoms with E-state index in [0.717, 1.165) is 19.4 Å². The van der Waals surface area contributed by atoms with E-state index in [1.165, 1.54) is 11.8 Å². The lowest BCUT2D eigenvalue weighted by Crippen LogP contribution is -2.30. The van der Waals surface area contributed by atoms with Crippen LogP contribution in [-0.4, -0.2) is 22.5 Å². The second-order valence-corrected chi connectivity index (χ2v) is 5.29.